The van der Waals surface area contributed by atoms with E-state index in [9.17, 15) is 9.59 Å². The van der Waals surface area contributed by atoms with Gasteiger partial charge in [0.1, 0.15) is 6.29 Å². The molecule has 15 heavy (non-hydrogen) atoms. The van der Waals surface area contributed by atoms with Gasteiger partial charge in [-0.25, -0.2) is 0 Å². The van der Waals surface area contributed by atoms with Crippen LogP contribution in [0.15, 0.2) is 0 Å². The van der Waals surface area contributed by atoms with Crippen LogP contribution in [0.3, 0.4) is 0 Å². The van der Waals surface area contributed by atoms with Gasteiger partial charge in [-0.05, 0) is 18.3 Å². The maximum absolute atomic E-state index is 11.6. The highest BCUT2D eigenvalue weighted by Crippen LogP contribution is 2.04. The van der Waals surface area contributed by atoms with E-state index in [0.29, 0.717) is 12.3 Å². The maximum Gasteiger partial charge on any atom is 0.237 e. The molecule has 0 aromatic rings. The van der Waals surface area contributed by atoms with Crippen LogP contribution in [0.5, 0.6) is 0 Å². The van der Waals surface area contributed by atoms with Gasteiger partial charge in [0.2, 0.25) is 5.91 Å². The van der Waals surface area contributed by atoms with Crippen LogP contribution in [0.1, 0.15) is 34.1 Å². The summed E-state index contributed by atoms with van der Waals surface area (Å²) < 4.78 is 0. The van der Waals surface area contributed by atoms with Crippen molar-refractivity contribution in [3.63, 3.8) is 0 Å². The quantitative estimate of drug-likeness (QED) is 0.639. The highest BCUT2D eigenvalue weighted by Gasteiger charge is 2.20. The summed E-state index contributed by atoms with van der Waals surface area (Å²) in [6.45, 7) is 7.78. The highest BCUT2D eigenvalue weighted by atomic mass is 16.2. The average molecular weight is 214 g/mol. The fraction of sp³-hybridized carbons (Fsp3) is 0.818. The molecule has 4 nitrogen and oxygen atoms in total. The van der Waals surface area contributed by atoms with E-state index in [-0.39, 0.29) is 11.8 Å². The van der Waals surface area contributed by atoms with E-state index in [1.807, 2.05) is 27.7 Å². The Labute approximate surface area is 91.6 Å². The number of carbonyl (C=O) groups is 2. The fourth-order valence-electron chi connectivity index (χ4n) is 1.24. The van der Waals surface area contributed by atoms with Gasteiger partial charge < -0.3 is 15.8 Å². The zero-order chi connectivity index (χ0) is 12.0. The first kappa shape index (κ1) is 14.1. The molecule has 0 bridgehead atoms. The summed E-state index contributed by atoms with van der Waals surface area (Å²) in [5.41, 5.74) is 5.69. The summed E-state index contributed by atoms with van der Waals surface area (Å²) >= 11 is 0. The molecule has 0 aliphatic carbocycles. The fourth-order valence-corrected chi connectivity index (χ4v) is 1.24. The minimum Gasteiger partial charge on any atom is -0.345 e. The summed E-state index contributed by atoms with van der Waals surface area (Å²) in [5, 5.41) is 2.64. The lowest BCUT2D eigenvalue weighted by atomic mass is 10.0. The van der Waals surface area contributed by atoms with Crippen LogP contribution < -0.4 is 11.1 Å². The summed E-state index contributed by atoms with van der Waals surface area (Å²) in [6.07, 6.45) is 1.39. The van der Waals surface area contributed by atoms with Crippen molar-refractivity contribution >= 4 is 12.2 Å². The highest BCUT2D eigenvalue weighted by molar-refractivity contribution is 5.84. The topological polar surface area (TPSA) is 72.2 Å². The predicted octanol–water partition coefficient (Wildman–Crippen LogP) is 0.699. The zero-order valence-corrected chi connectivity index (χ0v) is 9.99. The molecule has 0 radical (unpaired) electrons. The molecular formula is C11H22N2O2. The number of hydrogen-bond acceptors (Lipinski definition) is 3. The van der Waals surface area contributed by atoms with Gasteiger partial charge in [0, 0.05) is 0 Å². The Morgan fingerprint density at radius 3 is 2.20 bits per heavy atom. The van der Waals surface area contributed by atoms with Crippen LogP contribution in [0.4, 0.5) is 0 Å². The lowest BCUT2D eigenvalue weighted by molar-refractivity contribution is -0.126. The Kier molecular flexibility index (Phi) is 6.17. The minimum atomic E-state index is -0.522. The van der Waals surface area contributed by atoms with Gasteiger partial charge in [0.25, 0.3) is 0 Å². The Balaban J connectivity index is 4.16. The Morgan fingerprint density at radius 2 is 1.87 bits per heavy atom. The van der Waals surface area contributed by atoms with Crippen LogP contribution in [-0.2, 0) is 9.59 Å². The Hall–Kier alpha value is -0.900. The molecule has 0 aliphatic rings. The number of nitrogens with one attached hydrogen (secondary N) is 1. The van der Waals surface area contributed by atoms with Gasteiger partial charge in [0.15, 0.2) is 0 Å². The number of nitrogens with two attached hydrogens (primary N) is 1. The van der Waals surface area contributed by atoms with E-state index in [2.05, 4.69) is 5.32 Å². The number of hydrogen-bond donors (Lipinski definition) is 2. The molecule has 4 heteroatoms. The lowest BCUT2D eigenvalue weighted by Crippen LogP contribution is -2.48. The molecule has 0 saturated heterocycles. The average Bonchev–Trinajstić information content (AvgIpc) is 2.11. The zero-order valence-electron chi connectivity index (χ0n) is 9.99. The van der Waals surface area contributed by atoms with Crippen molar-refractivity contribution in [3.05, 3.63) is 0 Å². The number of aldehydes is 1. The third-order valence-corrected chi connectivity index (χ3v) is 2.24. The summed E-state index contributed by atoms with van der Waals surface area (Å²) in [7, 11) is 0. The summed E-state index contributed by atoms with van der Waals surface area (Å²) in [6, 6.07) is -0.957. The second kappa shape index (κ2) is 6.56. The molecule has 0 heterocycles. The van der Waals surface area contributed by atoms with Crippen LogP contribution >= 0.6 is 0 Å². The molecule has 2 atom stereocenters. The summed E-state index contributed by atoms with van der Waals surface area (Å²) in [5.74, 6) is 0.228. The van der Waals surface area contributed by atoms with Gasteiger partial charge >= 0.3 is 0 Å². The van der Waals surface area contributed by atoms with E-state index in [1.165, 1.54) is 0 Å². The standard InChI is InChI=1S/C11H22N2O2/c1-7(2)5-9(12)11(15)13-10(6-14)8(3)4/h6-10H,5,12H2,1-4H3,(H,13,15)/t9-,10+/m0/s1. The van der Waals surface area contributed by atoms with Gasteiger partial charge in [-0.3, -0.25) is 4.79 Å². The van der Waals surface area contributed by atoms with E-state index in [0.717, 1.165) is 6.29 Å². The molecule has 0 unspecified atom stereocenters. The SMILES string of the molecule is CC(C)C[C@H](N)C(=O)N[C@H](C=O)C(C)C. The van der Waals surface area contributed by atoms with Crippen molar-refractivity contribution in [2.24, 2.45) is 17.6 Å². The van der Waals surface area contributed by atoms with Crippen LogP contribution in [0.25, 0.3) is 0 Å². The maximum atomic E-state index is 11.6. The van der Waals surface area contributed by atoms with E-state index >= 15 is 0 Å². The van der Waals surface area contributed by atoms with E-state index in [1.54, 1.807) is 0 Å². The van der Waals surface area contributed by atoms with Crippen molar-refractivity contribution in [3.8, 4) is 0 Å². The van der Waals surface area contributed by atoms with Gasteiger partial charge in [-0.2, -0.15) is 0 Å². The third-order valence-electron chi connectivity index (χ3n) is 2.24. The smallest absolute Gasteiger partial charge is 0.237 e. The second-order valence-corrected chi connectivity index (χ2v) is 4.65. The Bertz CT molecular complexity index is 215. The van der Waals surface area contributed by atoms with Gasteiger partial charge in [-0.15, -0.1) is 0 Å². The molecule has 0 aromatic carbocycles. The Morgan fingerprint density at radius 1 is 1.33 bits per heavy atom. The second-order valence-electron chi connectivity index (χ2n) is 4.65. The molecule has 0 saturated carbocycles. The number of rotatable bonds is 6. The molecule has 3 N–H and O–H groups in total. The van der Waals surface area contributed by atoms with Crippen molar-refractivity contribution < 1.29 is 9.59 Å². The molecule has 0 spiro atoms. The van der Waals surface area contributed by atoms with Crippen molar-refractivity contribution in [1.29, 1.82) is 0 Å². The molecule has 0 aliphatic heterocycles. The van der Waals surface area contributed by atoms with Gasteiger partial charge in [-0.1, -0.05) is 27.7 Å². The third kappa shape index (κ3) is 5.52. The molecule has 0 fully saturated rings. The van der Waals surface area contributed by atoms with Gasteiger partial charge in [0.05, 0.1) is 12.1 Å². The first-order chi connectivity index (χ1) is 6.88. The van der Waals surface area contributed by atoms with E-state index in [4.69, 9.17) is 5.73 Å². The van der Waals surface area contributed by atoms with Crippen molar-refractivity contribution in [2.45, 2.75) is 46.2 Å². The minimum absolute atomic E-state index is 0.0951. The monoisotopic (exact) mass is 214 g/mol. The summed E-state index contributed by atoms with van der Waals surface area (Å²) in [4.78, 5) is 22.2. The molecular weight excluding hydrogens is 192 g/mol. The van der Waals surface area contributed by atoms with Crippen LogP contribution in [0, 0.1) is 11.8 Å². The first-order valence-electron chi connectivity index (χ1n) is 5.39. The van der Waals surface area contributed by atoms with Crippen molar-refractivity contribution in [1.82, 2.24) is 5.32 Å². The normalized spacial score (nSPS) is 15.1. The number of carbonyl (C=O) groups excluding carboxylic acids is 2. The van der Waals surface area contributed by atoms with Crippen LogP contribution in [-0.4, -0.2) is 24.3 Å². The molecule has 0 aromatic heterocycles. The molecule has 0 rings (SSSR count). The molecule has 1 amide bonds. The van der Waals surface area contributed by atoms with E-state index < -0.39 is 12.1 Å². The largest absolute Gasteiger partial charge is 0.345 e. The predicted molar refractivity (Wildman–Crippen MR) is 60.3 cm³/mol. The number of amides is 1. The lowest BCUT2D eigenvalue weighted by Gasteiger charge is -2.20. The van der Waals surface area contributed by atoms with Crippen LogP contribution in [0.2, 0.25) is 0 Å². The first-order valence-corrected chi connectivity index (χ1v) is 5.39. The molecule has 88 valence electrons. The van der Waals surface area contributed by atoms with Crippen molar-refractivity contribution in [2.75, 3.05) is 0 Å².